The number of alkyl halides is 3. The Labute approximate surface area is 245 Å². The predicted molar refractivity (Wildman–Crippen MR) is 147 cm³/mol. The molecule has 43 heavy (non-hydrogen) atoms. The average Bonchev–Trinajstić information content (AvgIpc) is 3.60. The number of amides is 2. The summed E-state index contributed by atoms with van der Waals surface area (Å²) in [6.45, 7) is 4.71. The third-order valence-electron chi connectivity index (χ3n) is 6.85. The number of hydrogen-bond acceptors (Lipinski definition) is 7. The van der Waals surface area contributed by atoms with Crippen molar-refractivity contribution in [3.05, 3.63) is 71.5 Å². The summed E-state index contributed by atoms with van der Waals surface area (Å²) in [4.78, 5) is 25.0. The molecule has 230 valence electrons. The molecule has 0 bridgehead atoms. The van der Waals surface area contributed by atoms with E-state index in [9.17, 15) is 27.2 Å². The molecule has 0 fully saturated rings. The predicted octanol–water partition coefficient (Wildman–Crippen LogP) is 5.11. The number of unbranched alkanes of at least 4 members (excludes halogenated alkanes) is 1. The first-order valence-corrected chi connectivity index (χ1v) is 13.7. The van der Waals surface area contributed by atoms with Crippen molar-refractivity contribution in [1.82, 2.24) is 35.3 Å². The molecule has 2 N–H and O–H groups in total. The fourth-order valence-electron chi connectivity index (χ4n) is 4.62. The van der Waals surface area contributed by atoms with Crippen molar-refractivity contribution in [2.24, 2.45) is 5.41 Å². The number of nitrogens with zero attached hydrogens (tertiary/aromatic N) is 6. The van der Waals surface area contributed by atoms with Gasteiger partial charge in [-0.05, 0) is 49.5 Å². The maximum absolute atomic E-state index is 14.5. The van der Waals surface area contributed by atoms with Crippen LogP contribution in [0, 0.1) is 5.41 Å². The normalized spacial score (nSPS) is 16.8. The lowest BCUT2D eigenvalue weighted by Crippen LogP contribution is -2.27. The van der Waals surface area contributed by atoms with Crippen LogP contribution in [0.15, 0.2) is 60.2 Å². The van der Waals surface area contributed by atoms with Gasteiger partial charge in [-0.1, -0.05) is 48.1 Å². The van der Waals surface area contributed by atoms with Crippen LogP contribution in [0.3, 0.4) is 0 Å². The van der Waals surface area contributed by atoms with Crippen molar-refractivity contribution in [1.29, 1.82) is 0 Å². The second kappa shape index (κ2) is 13.6. The summed E-state index contributed by atoms with van der Waals surface area (Å²) in [5.74, 6) is -1.27. The Morgan fingerprint density at radius 3 is 2.51 bits per heavy atom. The van der Waals surface area contributed by atoms with Crippen molar-refractivity contribution in [2.45, 2.75) is 71.9 Å². The van der Waals surface area contributed by atoms with Crippen LogP contribution in [0.5, 0.6) is 5.75 Å². The quantitative estimate of drug-likeness (QED) is 0.205. The minimum atomic E-state index is -4.80. The number of aryl methyl sites for hydroxylation is 2. The van der Waals surface area contributed by atoms with Gasteiger partial charge in [-0.15, -0.1) is 23.4 Å². The van der Waals surface area contributed by atoms with Crippen molar-refractivity contribution >= 4 is 17.6 Å². The van der Waals surface area contributed by atoms with E-state index in [2.05, 4.69) is 36.0 Å². The Kier molecular flexibility index (Phi) is 9.93. The van der Waals surface area contributed by atoms with Crippen LogP contribution in [0.1, 0.15) is 62.0 Å². The molecule has 2 amide bonds. The highest BCUT2D eigenvalue weighted by Crippen LogP contribution is 2.42. The molecular formula is C28H32F4N8O3. The molecular weight excluding hydrogens is 572 g/mol. The number of anilines is 1. The molecule has 1 unspecified atom stereocenters. The zero-order valence-corrected chi connectivity index (χ0v) is 23.7. The van der Waals surface area contributed by atoms with Gasteiger partial charge < -0.3 is 15.4 Å². The van der Waals surface area contributed by atoms with E-state index in [0.29, 0.717) is 37.9 Å². The van der Waals surface area contributed by atoms with E-state index in [-0.39, 0.29) is 42.0 Å². The summed E-state index contributed by atoms with van der Waals surface area (Å²) in [6.07, 6.45) is 4.12. The van der Waals surface area contributed by atoms with Crippen LogP contribution in [-0.4, -0.2) is 48.2 Å². The van der Waals surface area contributed by atoms with Gasteiger partial charge in [0.2, 0.25) is 5.91 Å². The van der Waals surface area contributed by atoms with E-state index in [1.165, 1.54) is 35.2 Å². The number of allylic oxidation sites excluding steroid dienone is 4. The van der Waals surface area contributed by atoms with E-state index in [4.69, 9.17) is 0 Å². The summed E-state index contributed by atoms with van der Waals surface area (Å²) >= 11 is 0. The van der Waals surface area contributed by atoms with Crippen molar-refractivity contribution < 1.29 is 31.9 Å². The van der Waals surface area contributed by atoms with Gasteiger partial charge in [0.05, 0.1) is 12.4 Å². The summed E-state index contributed by atoms with van der Waals surface area (Å²) in [6, 6.07) is 5.31. The number of benzene rings is 1. The number of hydrogen-bond donors (Lipinski definition) is 2. The van der Waals surface area contributed by atoms with Crippen LogP contribution in [0.4, 0.5) is 23.4 Å². The molecule has 2 aromatic heterocycles. The van der Waals surface area contributed by atoms with E-state index < -0.39 is 17.7 Å². The van der Waals surface area contributed by atoms with Gasteiger partial charge in [0.25, 0.3) is 5.91 Å². The lowest BCUT2D eigenvalue weighted by atomic mass is 9.75. The molecule has 2 heterocycles. The topological polar surface area (TPSA) is 129 Å². The standard InChI is InChI=1S/C28H32F4N8O3/c1-3-19-9-10-23(29)27(2,14-19)15-25(41)34-24-18-40(38-36-24)12-5-4-11-39-17-22(35-37-39)26(42)33-16-20-7-6-8-21(13-20)43-28(30,31)32/h6-10,13,17-18H,3-5,11-12,14-16H2,1-2H3,(H,33,42)(H,34,41). The van der Waals surface area contributed by atoms with Gasteiger partial charge >= 0.3 is 6.36 Å². The largest absolute Gasteiger partial charge is 0.573 e. The van der Waals surface area contributed by atoms with Crippen molar-refractivity contribution in [2.75, 3.05) is 5.32 Å². The second-order valence-corrected chi connectivity index (χ2v) is 10.5. The minimum absolute atomic E-state index is 0.0123. The third kappa shape index (κ3) is 9.21. The van der Waals surface area contributed by atoms with Crippen molar-refractivity contribution in [3.63, 3.8) is 0 Å². The molecule has 1 aliphatic carbocycles. The van der Waals surface area contributed by atoms with Crippen LogP contribution >= 0.6 is 0 Å². The summed E-state index contributed by atoms with van der Waals surface area (Å²) in [7, 11) is 0. The minimum Gasteiger partial charge on any atom is -0.406 e. The number of carbonyl (C=O) groups excluding carboxylic acids is 2. The van der Waals surface area contributed by atoms with E-state index in [1.807, 2.05) is 6.92 Å². The van der Waals surface area contributed by atoms with Crippen LogP contribution in [0.25, 0.3) is 0 Å². The number of carbonyl (C=O) groups is 2. The van der Waals surface area contributed by atoms with Crippen LogP contribution in [0.2, 0.25) is 0 Å². The first-order chi connectivity index (χ1) is 20.4. The molecule has 0 saturated heterocycles. The lowest BCUT2D eigenvalue weighted by Gasteiger charge is -2.30. The first-order valence-electron chi connectivity index (χ1n) is 13.7. The molecule has 0 aliphatic heterocycles. The average molecular weight is 605 g/mol. The highest BCUT2D eigenvalue weighted by atomic mass is 19.4. The number of halogens is 4. The number of ether oxygens (including phenoxy) is 1. The van der Waals surface area contributed by atoms with Gasteiger partial charge in [-0.25, -0.2) is 4.39 Å². The Hall–Kier alpha value is -4.56. The molecule has 0 radical (unpaired) electrons. The van der Waals surface area contributed by atoms with Gasteiger partial charge in [-0.2, -0.15) is 0 Å². The summed E-state index contributed by atoms with van der Waals surface area (Å²) in [5, 5.41) is 21.1. The fourth-order valence-corrected chi connectivity index (χ4v) is 4.62. The lowest BCUT2D eigenvalue weighted by molar-refractivity contribution is -0.274. The monoisotopic (exact) mass is 604 g/mol. The molecule has 0 saturated carbocycles. The van der Waals surface area contributed by atoms with Crippen molar-refractivity contribution in [3.8, 4) is 5.75 Å². The van der Waals surface area contributed by atoms with Gasteiger partial charge in [0, 0.05) is 31.5 Å². The number of rotatable bonds is 13. The highest BCUT2D eigenvalue weighted by molar-refractivity contribution is 5.91. The van der Waals surface area contributed by atoms with Crippen LogP contribution in [-0.2, 0) is 24.4 Å². The first kappa shape index (κ1) is 31.4. The Morgan fingerprint density at radius 1 is 1.07 bits per heavy atom. The Bertz CT molecular complexity index is 1500. The molecule has 1 atom stereocenters. The molecule has 1 aliphatic rings. The molecule has 0 spiro atoms. The van der Waals surface area contributed by atoms with Gasteiger partial charge in [0.15, 0.2) is 11.5 Å². The molecule has 1 aromatic carbocycles. The molecule has 3 aromatic rings. The van der Waals surface area contributed by atoms with E-state index in [1.54, 1.807) is 29.9 Å². The second-order valence-electron chi connectivity index (χ2n) is 10.5. The van der Waals surface area contributed by atoms with Gasteiger partial charge in [-0.3, -0.25) is 19.0 Å². The van der Waals surface area contributed by atoms with E-state index in [0.717, 1.165) is 12.0 Å². The fraction of sp³-hybridized carbons (Fsp3) is 0.429. The Morgan fingerprint density at radius 2 is 1.79 bits per heavy atom. The SMILES string of the molecule is CCC1=CC=C(F)C(C)(CC(=O)Nc2cn(CCCCn3cc(C(=O)NCc4cccc(OC(F)(F)F)c4)nn3)nn2)C1. The third-order valence-corrected chi connectivity index (χ3v) is 6.85. The molecule has 4 rings (SSSR count). The maximum Gasteiger partial charge on any atom is 0.573 e. The highest BCUT2D eigenvalue weighted by Gasteiger charge is 2.35. The zero-order chi connectivity index (χ0) is 31.0. The Balaban J connectivity index is 1.17. The maximum atomic E-state index is 14.5. The summed E-state index contributed by atoms with van der Waals surface area (Å²) < 4.78 is 58.7. The van der Waals surface area contributed by atoms with E-state index >= 15 is 0 Å². The number of nitrogens with one attached hydrogen (secondary N) is 2. The number of aromatic nitrogens is 6. The smallest absolute Gasteiger partial charge is 0.406 e. The molecule has 15 heteroatoms. The van der Waals surface area contributed by atoms with Gasteiger partial charge in [0.1, 0.15) is 11.6 Å². The molecule has 11 nitrogen and oxygen atoms in total. The van der Waals surface area contributed by atoms with Crippen LogP contribution < -0.4 is 15.4 Å². The zero-order valence-electron chi connectivity index (χ0n) is 23.7. The summed E-state index contributed by atoms with van der Waals surface area (Å²) in [5.41, 5.74) is 0.698.